The molecule has 0 radical (unpaired) electrons. The number of ether oxygens (including phenoxy) is 1. The number of aromatic nitrogens is 1. The molecule has 0 fully saturated rings. The lowest BCUT2D eigenvalue weighted by molar-refractivity contribution is -0.119. The fraction of sp³-hybridized carbons (Fsp3) is 0.269. The number of nitrogens with one attached hydrogen (secondary N) is 2. The van der Waals surface area contributed by atoms with Gasteiger partial charge in [-0.05, 0) is 53.4 Å². The Hall–Kier alpha value is -3.38. The molecule has 2 N–H and O–H groups in total. The van der Waals surface area contributed by atoms with Crippen molar-refractivity contribution in [2.45, 2.75) is 32.8 Å². The van der Waals surface area contributed by atoms with Crippen molar-refractivity contribution in [2.75, 3.05) is 5.88 Å². The predicted octanol–water partition coefficient (Wildman–Crippen LogP) is 4.62. The molecule has 1 atom stereocenters. The second-order valence-electron chi connectivity index (χ2n) is 8.20. The number of alkyl halides is 1. The fourth-order valence-corrected chi connectivity index (χ4v) is 3.64. The van der Waals surface area contributed by atoms with Crippen LogP contribution in [-0.2, 0) is 16.8 Å². The zero-order valence-electron chi connectivity index (χ0n) is 19.0. The highest BCUT2D eigenvalue weighted by Gasteiger charge is 2.32. The molecule has 3 aromatic rings. The molecular formula is C26H28ClN3O3. The summed E-state index contributed by atoms with van der Waals surface area (Å²) in [4.78, 5) is 27.8. The van der Waals surface area contributed by atoms with Crippen LogP contribution < -0.4 is 15.6 Å². The molecule has 0 saturated carbocycles. The molecule has 0 spiro atoms. The Morgan fingerprint density at radius 3 is 2.15 bits per heavy atom. The topological polar surface area (TPSA) is 80.3 Å². The van der Waals surface area contributed by atoms with Gasteiger partial charge in [0.05, 0.1) is 5.69 Å². The number of amides is 2. The summed E-state index contributed by atoms with van der Waals surface area (Å²) < 4.78 is 5.87. The van der Waals surface area contributed by atoms with E-state index in [4.69, 9.17) is 16.3 Å². The number of carbonyl (C=O) groups excluding carboxylic acids is 2. The maximum Gasteiger partial charge on any atom is 0.269 e. The second kappa shape index (κ2) is 11.0. The monoisotopic (exact) mass is 465 g/mol. The zero-order chi connectivity index (χ0) is 23.8. The fourth-order valence-electron chi connectivity index (χ4n) is 3.57. The third-order valence-corrected chi connectivity index (χ3v) is 6.15. The number of pyridine rings is 1. The van der Waals surface area contributed by atoms with E-state index in [1.807, 2.05) is 42.5 Å². The number of hydrazine groups is 1. The summed E-state index contributed by atoms with van der Waals surface area (Å²) in [6, 6.07) is 21.3. The molecule has 0 bridgehead atoms. The maximum atomic E-state index is 12.2. The number of benzene rings is 2. The van der Waals surface area contributed by atoms with Crippen molar-refractivity contribution in [2.24, 2.45) is 5.92 Å². The van der Waals surface area contributed by atoms with E-state index in [0.717, 1.165) is 22.6 Å². The molecule has 1 heterocycles. The molecule has 0 aliphatic rings. The number of rotatable bonds is 8. The highest BCUT2D eigenvalue weighted by Crippen LogP contribution is 2.39. The Bertz CT molecular complexity index is 1070. The molecule has 33 heavy (non-hydrogen) atoms. The van der Waals surface area contributed by atoms with E-state index in [1.54, 1.807) is 18.3 Å². The summed E-state index contributed by atoms with van der Waals surface area (Å²) in [5.41, 5.74) is 7.88. The third-order valence-electron chi connectivity index (χ3n) is 5.91. The van der Waals surface area contributed by atoms with Crippen LogP contribution in [0.15, 0.2) is 72.9 Å². The van der Waals surface area contributed by atoms with E-state index in [9.17, 15) is 9.59 Å². The zero-order valence-corrected chi connectivity index (χ0v) is 19.7. The summed E-state index contributed by atoms with van der Waals surface area (Å²) >= 11 is 5.42. The largest absolute Gasteiger partial charge is 0.487 e. The van der Waals surface area contributed by atoms with Crippen LogP contribution in [0.25, 0.3) is 0 Å². The number of halogens is 1. The number of hydrogen-bond acceptors (Lipinski definition) is 4. The van der Waals surface area contributed by atoms with Crippen molar-refractivity contribution in [1.29, 1.82) is 0 Å². The molecule has 0 saturated heterocycles. The van der Waals surface area contributed by atoms with Gasteiger partial charge in [-0.2, -0.15) is 0 Å². The van der Waals surface area contributed by atoms with Gasteiger partial charge in [0, 0.05) is 17.2 Å². The van der Waals surface area contributed by atoms with Crippen LogP contribution in [0.4, 0.5) is 0 Å². The highest BCUT2D eigenvalue weighted by molar-refractivity contribution is 6.27. The molecule has 0 aliphatic heterocycles. The normalized spacial score (nSPS) is 12.6. The minimum absolute atomic E-state index is 0.223. The lowest BCUT2D eigenvalue weighted by Crippen LogP contribution is -2.42. The lowest BCUT2D eigenvalue weighted by Gasteiger charge is -2.35. The molecule has 0 aliphatic carbocycles. The summed E-state index contributed by atoms with van der Waals surface area (Å²) in [5, 5.41) is 0. The molecule has 2 amide bonds. The molecule has 1 unspecified atom stereocenters. The molecule has 172 valence electrons. The van der Waals surface area contributed by atoms with Gasteiger partial charge in [-0.15, -0.1) is 11.6 Å². The summed E-state index contributed by atoms with van der Waals surface area (Å²) in [7, 11) is 0. The minimum Gasteiger partial charge on any atom is -0.487 e. The summed E-state index contributed by atoms with van der Waals surface area (Å²) in [5.74, 6) is -0.0250. The Morgan fingerprint density at radius 1 is 0.970 bits per heavy atom. The first kappa shape index (κ1) is 24.3. The van der Waals surface area contributed by atoms with Crippen LogP contribution in [0, 0.1) is 5.92 Å². The van der Waals surface area contributed by atoms with Gasteiger partial charge in [-0.1, -0.05) is 51.1 Å². The van der Waals surface area contributed by atoms with Crippen molar-refractivity contribution in [1.82, 2.24) is 15.8 Å². The van der Waals surface area contributed by atoms with E-state index in [2.05, 4.69) is 48.7 Å². The van der Waals surface area contributed by atoms with Crippen molar-refractivity contribution >= 4 is 23.4 Å². The SMILES string of the molecule is CC(C)C(C)(c1ccc(OCc2ccccn2)cc1)c1ccc(C(=O)NNC(=O)CCl)cc1. The predicted molar refractivity (Wildman–Crippen MR) is 129 cm³/mol. The third kappa shape index (κ3) is 5.90. The van der Waals surface area contributed by atoms with Gasteiger partial charge in [0.15, 0.2) is 0 Å². The van der Waals surface area contributed by atoms with Gasteiger partial charge in [-0.25, -0.2) is 0 Å². The standard InChI is InChI=1S/C26H28ClN3O3/c1-18(2)26(3,20-9-7-19(8-10-20)25(32)30-29-24(31)16-27)21-11-13-23(14-12-21)33-17-22-6-4-5-15-28-22/h4-15,18H,16-17H2,1-3H3,(H,29,31)(H,30,32). The minimum atomic E-state index is -0.471. The molecular weight excluding hydrogens is 438 g/mol. The second-order valence-corrected chi connectivity index (χ2v) is 8.47. The van der Waals surface area contributed by atoms with Crippen LogP contribution >= 0.6 is 11.6 Å². The number of hydrogen-bond donors (Lipinski definition) is 2. The van der Waals surface area contributed by atoms with Crippen LogP contribution in [0.1, 0.15) is 48.0 Å². The molecule has 2 aromatic carbocycles. The first-order valence-electron chi connectivity index (χ1n) is 10.7. The smallest absolute Gasteiger partial charge is 0.269 e. The van der Waals surface area contributed by atoms with E-state index in [0.29, 0.717) is 18.1 Å². The van der Waals surface area contributed by atoms with Gasteiger partial charge in [0.2, 0.25) is 0 Å². The maximum absolute atomic E-state index is 12.2. The molecule has 3 rings (SSSR count). The summed E-state index contributed by atoms with van der Waals surface area (Å²) in [6.07, 6.45) is 1.75. The van der Waals surface area contributed by atoms with Crippen LogP contribution in [0.3, 0.4) is 0 Å². The van der Waals surface area contributed by atoms with Gasteiger partial charge in [0.25, 0.3) is 11.8 Å². The number of nitrogens with zero attached hydrogens (tertiary/aromatic N) is 1. The molecule has 1 aromatic heterocycles. The molecule has 6 nitrogen and oxygen atoms in total. The number of carbonyl (C=O) groups is 2. The van der Waals surface area contributed by atoms with Crippen molar-refractivity contribution < 1.29 is 14.3 Å². The first-order valence-corrected chi connectivity index (χ1v) is 11.3. The highest BCUT2D eigenvalue weighted by atomic mass is 35.5. The Kier molecular flexibility index (Phi) is 8.06. The van der Waals surface area contributed by atoms with Crippen molar-refractivity contribution in [3.8, 4) is 5.75 Å². The Balaban J connectivity index is 1.75. The average Bonchev–Trinajstić information content (AvgIpc) is 2.86. The van der Waals surface area contributed by atoms with Gasteiger partial charge >= 0.3 is 0 Å². The van der Waals surface area contributed by atoms with Gasteiger partial charge in [-0.3, -0.25) is 25.4 Å². The van der Waals surface area contributed by atoms with Crippen LogP contribution in [0.2, 0.25) is 0 Å². The van der Waals surface area contributed by atoms with Crippen LogP contribution in [-0.4, -0.2) is 22.7 Å². The summed E-state index contributed by atoms with van der Waals surface area (Å²) in [6.45, 7) is 6.95. The van der Waals surface area contributed by atoms with E-state index in [-0.39, 0.29) is 11.3 Å². The van der Waals surface area contributed by atoms with E-state index in [1.165, 1.54) is 0 Å². The first-order chi connectivity index (χ1) is 15.8. The van der Waals surface area contributed by atoms with Gasteiger partial charge in [0.1, 0.15) is 18.2 Å². The average molecular weight is 466 g/mol. The van der Waals surface area contributed by atoms with Crippen molar-refractivity contribution in [3.63, 3.8) is 0 Å². The molecule has 7 heteroatoms. The quantitative estimate of drug-likeness (QED) is 0.375. The van der Waals surface area contributed by atoms with Gasteiger partial charge < -0.3 is 4.74 Å². The van der Waals surface area contributed by atoms with E-state index >= 15 is 0 Å². The van der Waals surface area contributed by atoms with E-state index < -0.39 is 11.8 Å². The van der Waals surface area contributed by atoms with Crippen LogP contribution in [0.5, 0.6) is 5.75 Å². The lowest BCUT2D eigenvalue weighted by atomic mass is 9.68. The Morgan fingerprint density at radius 2 is 1.61 bits per heavy atom. The Labute approximate surface area is 199 Å². The van der Waals surface area contributed by atoms with Crippen molar-refractivity contribution in [3.05, 3.63) is 95.3 Å².